The molecule has 3 rings (SSSR count). The molecule has 0 radical (unpaired) electrons. The number of nitrogens with two attached hydrogens (primary N) is 1. The lowest BCUT2D eigenvalue weighted by molar-refractivity contribution is 0.125. The molecule has 0 aliphatic heterocycles. The molecular formula is C18H19Cl2NO3S. The van der Waals surface area contributed by atoms with Crippen LogP contribution in [-0.2, 0) is 14.6 Å². The van der Waals surface area contributed by atoms with E-state index in [0.29, 0.717) is 16.7 Å². The van der Waals surface area contributed by atoms with Crippen LogP contribution in [0.25, 0.3) is 0 Å². The fraction of sp³-hybridized carbons (Fsp3) is 0.333. The molecule has 0 bridgehead atoms. The Morgan fingerprint density at radius 3 is 2.40 bits per heavy atom. The number of halogens is 2. The first-order valence-electron chi connectivity index (χ1n) is 7.92. The van der Waals surface area contributed by atoms with Gasteiger partial charge in [-0.3, -0.25) is 0 Å². The minimum atomic E-state index is -3.64. The molecule has 1 aliphatic carbocycles. The SMILES string of the molecule is CCOC[C@]1(N)[C@H](c2cccc(Cl)c2)[C@@H]1S(=O)(=O)c1ccc(Cl)cc1. The van der Waals surface area contributed by atoms with E-state index in [1.165, 1.54) is 12.1 Å². The minimum Gasteiger partial charge on any atom is -0.380 e. The van der Waals surface area contributed by atoms with Crippen molar-refractivity contribution in [1.29, 1.82) is 0 Å². The van der Waals surface area contributed by atoms with Crippen molar-refractivity contribution in [2.24, 2.45) is 5.73 Å². The molecule has 2 aromatic rings. The number of benzene rings is 2. The molecule has 134 valence electrons. The molecule has 1 saturated carbocycles. The van der Waals surface area contributed by atoms with E-state index in [9.17, 15) is 8.42 Å². The monoisotopic (exact) mass is 399 g/mol. The van der Waals surface area contributed by atoms with Crippen molar-refractivity contribution in [2.75, 3.05) is 13.2 Å². The van der Waals surface area contributed by atoms with Gasteiger partial charge in [0.2, 0.25) is 0 Å². The van der Waals surface area contributed by atoms with Gasteiger partial charge in [-0.1, -0.05) is 35.3 Å². The highest BCUT2D eigenvalue weighted by Gasteiger charge is 2.69. The summed E-state index contributed by atoms with van der Waals surface area (Å²) in [5, 5.41) is 0.256. The molecule has 0 saturated heterocycles. The molecule has 0 unspecified atom stereocenters. The fourth-order valence-corrected chi connectivity index (χ4v) is 5.91. The van der Waals surface area contributed by atoms with E-state index in [-0.39, 0.29) is 17.4 Å². The third-order valence-electron chi connectivity index (χ3n) is 4.54. The smallest absolute Gasteiger partial charge is 0.183 e. The summed E-state index contributed by atoms with van der Waals surface area (Å²) in [5.41, 5.74) is 6.30. The predicted molar refractivity (Wildman–Crippen MR) is 100 cm³/mol. The van der Waals surface area contributed by atoms with Crippen molar-refractivity contribution >= 4 is 33.0 Å². The third kappa shape index (κ3) is 3.44. The van der Waals surface area contributed by atoms with Crippen LogP contribution in [0.3, 0.4) is 0 Å². The van der Waals surface area contributed by atoms with Gasteiger partial charge in [-0.15, -0.1) is 0 Å². The normalized spacial score (nSPS) is 25.8. The number of hydrogen-bond acceptors (Lipinski definition) is 4. The molecule has 1 fully saturated rings. The Labute approximate surface area is 157 Å². The van der Waals surface area contributed by atoms with Crippen molar-refractivity contribution in [3.8, 4) is 0 Å². The van der Waals surface area contributed by atoms with Gasteiger partial charge in [-0.05, 0) is 48.9 Å². The Bertz CT molecular complexity index is 870. The van der Waals surface area contributed by atoms with Gasteiger partial charge in [0.15, 0.2) is 9.84 Å². The van der Waals surface area contributed by atoms with E-state index in [4.69, 9.17) is 33.7 Å². The van der Waals surface area contributed by atoms with E-state index < -0.39 is 20.6 Å². The molecule has 3 atom stereocenters. The number of ether oxygens (including phenoxy) is 1. The first-order chi connectivity index (χ1) is 11.8. The van der Waals surface area contributed by atoms with Crippen molar-refractivity contribution in [1.82, 2.24) is 0 Å². The molecule has 7 heteroatoms. The van der Waals surface area contributed by atoms with Crippen LogP contribution in [0.15, 0.2) is 53.4 Å². The largest absolute Gasteiger partial charge is 0.380 e. The second kappa shape index (κ2) is 6.89. The highest BCUT2D eigenvalue weighted by molar-refractivity contribution is 7.92. The van der Waals surface area contributed by atoms with Gasteiger partial charge in [-0.25, -0.2) is 8.42 Å². The van der Waals surface area contributed by atoms with Crippen LogP contribution in [0, 0.1) is 0 Å². The Morgan fingerprint density at radius 2 is 1.80 bits per heavy atom. The van der Waals surface area contributed by atoms with Crippen LogP contribution in [-0.4, -0.2) is 32.4 Å². The predicted octanol–water partition coefficient (Wildman–Crippen LogP) is 3.67. The Morgan fingerprint density at radius 1 is 1.12 bits per heavy atom. The topological polar surface area (TPSA) is 69.4 Å². The summed E-state index contributed by atoms with van der Waals surface area (Å²) >= 11 is 11.9. The van der Waals surface area contributed by atoms with Crippen molar-refractivity contribution < 1.29 is 13.2 Å². The number of sulfone groups is 1. The fourth-order valence-electron chi connectivity index (χ4n) is 3.30. The molecule has 2 N–H and O–H groups in total. The van der Waals surface area contributed by atoms with Crippen LogP contribution >= 0.6 is 23.2 Å². The van der Waals surface area contributed by atoms with Gasteiger partial charge in [0.25, 0.3) is 0 Å². The van der Waals surface area contributed by atoms with Crippen LogP contribution in [0.4, 0.5) is 0 Å². The summed E-state index contributed by atoms with van der Waals surface area (Å²) in [5.74, 6) is -0.376. The molecule has 4 nitrogen and oxygen atoms in total. The lowest BCUT2D eigenvalue weighted by Crippen LogP contribution is -2.36. The Kier molecular flexibility index (Phi) is 5.15. The molecule has 25 heavy (non-hydrogen) atoms. The zero-order valence-electron chi connectivity index (χ0n) is 13.7. The van der Waals surface area contributed by atoms with Gasteiger partial charge >= 0.3 is 0 Å². The molecule has 0 aromatic heterocycles. The molecule has 0 heterocycles. The average molecular weight is 400 g/mol. The molecule has 1 aliphatic rings. The standard InChI is InChI=1S/C18H19Cl2NO3S/c1-2-24-11-18(21)16(12-4-3-5-14(20)10-12)17(18)25(22,23)15-8-6-13(19)7-9-15/h3-10,16-17H,2,11,21H2,1H3/t16-,17+,18+/m1/s1. The van der Waals surface area contributed by atoms with Crippen LogP contribution in [0.1, 0.15) is 18.4 Å². The van der Waals surface area contributed by atoms with Gasteiger partial charge in [0.1, 0.15) is 0 Å². The maximum atomic E-state index is 13.1. The Balaban J connectivity index is 2.01. The van der Waals surface area contributed by atoms with Gasteiger partial charge in [0.05, 0.1) is 22.3 Å². The van der Waals surface area contributed by atoms with E-state index in [1.54, 1.807) is 30.3 Å². The lowest BCUT2D eigenvalue weighted by Gasteiger charge is -2.12. The van der Waals surface area contributed by atoms with Gasteiger partial charge < -0.3 is 10.5 Å². The second-order valence-electron chi connectivity index (χ2n) is 6.20. The lowest BCUT2D eigenvalue weighted by atomic mass is 10.1. The van der Waals surface area contributed by atoms with Crippen LogP contribution < -0.4 is 5.73 Å². The van der Waals surface area contributed by atoms with Crippen molar-refractivity contribution in [3.63, 3.8) is 0 Å². The van der Waals surface area contributed by atoms with E-state index >= 15 is 0 Å². The third-order valence-corrected chi connectivity index (χ3v) is 7.34. The molecule has 0 amide bonds. The van der Waals surface area contributed by atoms with Crippen molar-refractivity contribution in [2.45, 2.75) is 28.5 Å². The van der Waals surface area contributed by atoms with Crippen molar-refractivity contribution in [3.05, 3.63) is 64.1 Å². The number of rotatable bonds is 6. The summed E-state index contributed by atoms with van der Waals surface area (Å²) in [6.07, 6.45) is 0. The highest BCUT2D eigenvalue weighted by Crippen LogP contribution is 2.56. The van der Waals surface area contributed by atoms with E-state index in [0.717, 1.165) is 5.56 Å². The minimum absolute atomic E-state index is 0.165. The summed E-state index contributed by atoms with van der Waals surface area (Å²) in [6, 6.07) is 13.3. The summed E-state index contributed by atoms with van der Waals surface area (Å²) in [6.45, 7) is 2.48. The van der Waals surface area contributed by atoms with Crippen LogP contribution in [0.5, 0.6) is 0 Å². The Hall–Kier alpha value is -1.11. The summed E-state index contributed by atoms with van der Waals surface area (Å²) in [4.78, 5) is 0.206. The molecule has 0 spiro atoms. The highest BCUT2D eigenvalue weighted by atomic mass is 35.5. The zero-order chi connectivity index (χ0) is 18.2. The number of hydrogen-bond donors (Lipinski definition) is 1. The zero-order valence-corrected chi connectivity index (χ0v) is 16.0. The average Bonchev–Trinajstić information content (AvgIpc) is 3.20. The van der Waals surface area contributed by atoms with Gasteiger partial charge in [0, 0.05) is 22.6 Å². The van der Waals surface area contributed by atoms with E-state index in [1.807, 2.05) is 13.0 Å². The first kappa shape index (κ1) is 18.7. The summed E-state index contributed by atoms with van der Waals surface area (Å²) < 4.78 is 31.8. The van der Waals surface area contributed by atoms with Gasteiger partial charge in [-0.2, -0.15) is 0 Å². The molecule has 2 aromatic carbocycles. The first-order valence-corrected chi connectivity index (χ1v) is 10.2. The second-order valence-corrected chi connectivity index (χ2v) is 9.14. The van der Waals surface area contributed by atoms with E-state index in [2.05, 4.69) is 0 Å². The molecular weight excluding hydrogens is 381 g/mol. The maximum absolute atomic E-state index is 13.1. The maximum Gasteiger partial charge on any atom is 0.183 e. The summed E-state index contributed by atoms with van der Waals surface area (Å²) in [7, 11) is -3.64. The van der Waals surface area contributed by atoms with Crippen LogP contribution in [0.2, 0.25) is 10.0 Å². The quantitative estimate of drug-likeness (QED) is 0.804.